The smallest absolute Gasteiger partial charge is 0.270 e. The summed E-state index contributed by atoms with van der Waals surface area (Å²) in [6.45, 7) is 5.32. The number of anilines is 1. The van der Waals surface area contributed by atoms with Gasteiger partial charge in [-0.15, -0.1) is 0 Å². The van der Waals surface area contributed by atoms with Gasteiger partial charge in [0, 0.05) is 56.5 Å². The van der Waals surface area contributed by atoms with E-state index in [1.165, 1.54) is 26.0 Å². The van der Waals surface area contributed by atoms with Gasteiger partial charge in [-0.3, -0.25) is 19.7 Å². The summed E-state index contributed by atoms with van der Waals surface area (Å²) in [6.07, 6.45) is 0. The first-order chi connectivity index (χ1) is 9.90. The molecule has 1 aliphatic heterocycles. The van der Waals surface area contributed by atoms with Gasteiger partial charge in [0.1, 0.15) is 0 Å². The minimum absolute atomic E-state index is 0.0325. The molecule has 7 nitrogen and oxygen atoms in total. The molecule has 0 bridgehead atoms. The molecule has 0 unspecified atom stereocenters. The number of ketones is 1. The molecule has 112 valence electrons. The summed E-state index contributed by atoms with van der Waals surface area (Å²) in [5, 5.41) is 10.8. The van der Waals surface area contributed by atoms with Crippen LogP contribution in [0.5, 0.6) is 0 Å². The number of benzene rings is 1. The third-order valence-corrected chi connectivity index (χ3v) is 3.64. The molecule has 0 N–H and O–H groups in total. The molecule has 1 saturated heterocycles. The Kier molecular flexibility index (Phi) is 4.21. The molecule has 0 aliphatic carbocycles. The second kappa shape index (κ2) is 5.90. The quantitative estimate of drug-likeness (QED) is 0.478. The minimum Gasteiger partial charge on any atom is -0.367 e. The zero-order chi connectivity index (χ0) is 15.6. The molecular formula is C14H17N3O4. The van der Waals surface area contributed by atoms with Crippen molar-refractivity contribution in [2.75, 3.05) is 31.1 Å². The van der Waals surface area contributed by atoms with Crippen LogP contribution in [0.15, 0.2) is 18.2 Å². The van der Waals surface area contributed by atoms with Gasteiger partial charge in [-0.05, 0) is 13.0 Å². The molecular weight excluding hydrogens is 274 g/mol. The van der Waals surface area contributed by atoms with Gasteiger partial charge in [-0.1, -0.05) is 0 Å². The highest BCUT2D eigenvalue weighted by molar-refractivity contribution is 6.00. The molecule has 21 heavy (non-hydrogen) atoms. The van der Waals surface area contributed by atoms with Crippen LogP contribution in [0, 0.1) is 10.1 Å². The van der Waals surface area contributed by atoms with Gasteiger partial charge in [0.25, 0.3) is 5.69 Å². The van der Waals surface area contributed by atoms with E-state index in [1.807, 2.05) is 4.90 Å². The number of nitro benzene ring substituents is 1. The Hall–Kier alpha value is -2.44. The van der Waals surface area contributed by atoms with Gasteiger partial charge in [0.2, 0.25) is 5.91 Å². The van der Waals surface area contributed by atoms with E-state index in [4.69, 9.17) is 0 Å². The lowest BCUT2D eigenvalue weighted by molar-refractivity contribution is -0.384. The number of hydrogen-bond acceptors (Lipinski definition) is 5. The van der Waals surface area contributed by atoms with Gasteiger partial charge in [-0.2, -0.15) is 0 Å². The van der Waals surface area contributed by atoms with Crippen molar-refractivity contribution >= 4 is 23.1 Å². The Morgan fingerprint density at radius 3 is 2.24 bits per heavy atom. The van der Waals surface area contributed by atoms with E-state index < -0.39 is 4.92 Å². The summed E-state index contributed by atoms with van der Waals surface area (Å²) in [6, 6.07) is 4.33. The number of hydrogen-bond donors (Lipinski definition) is 0. The lowest BCUT2D eigenvalue weighted by atomic mass is 10.1. The Bertz CT molecular complexity index is 592. The summed E-state index contributed by atoms with van der Waals surface area (Å²) in [5.74, 6) is -0.173. The zero-order valence-corrected chi connectivity index (χ0v) is 12.0. The number of carbonyl (C=O) groups is 2. The van der Waals surface area contributed by atoms with Crippen molar-refractivity contribution in [3.63, 3.8) is 0 Å². The normalized spacial score (nSPS) is 15.0. The van der Waals surface area contributed by atoms with Crippen LogP contribution < -0.4 is 4.90 Å². The first-order valence-electron chi connectivity index (χ1n) is 6.70. The van der Waals surface area contributed by atoms with Gasteiger partial charge < -0.3 is 9.80 Å². The van der Waals surface area contributed by atoms with Crippen LogP contribution in [0.2, 0.25) is 0 Å². The predicted molar refractivity (Wildman–Crippen MR) is 77.6 cm³/mol. The number of nitrogens with zero attached hydrogens (tertiary/aromatic N) is 3. The van der Waals surface area contributed by atoms with Crippen LogP contribution in [0.25, 0.3) is 0 Å². The molecule has 1 heterocycles. The topological polar surface area (TPSA) is 83.8 Å². The largest absolute Gasteiger partial charge is 0.367 e. The maximum atomic E-state index is 11.7. The molecule has 1 aromatic carbocycles. The van der Waals surface area contributed by atoms with Crippen molar-refractivity contribution in [3.05, 3.63) is 33.9 Å². The predicted octanol–water partition coefficient (Wildman–Crippen LogP) is 1.47. The number of carbonyl (C=O) groups excluding carboxylic acids is 2. The molecule has 1 amide bonds. The molecule has 0 aromatic heterocycles. The van der Waals surface area contributed by atoms with E-state index in [-0.39, 0.29) is 17.4 Å². The molecule has 0 atom stereocenters. The van der Waals surface area contributed by atoms with Crippen molar-refractivity contribution in [2.24, 2.45) is 0 Å². The molecule has 0 saturated carbocycles. The number of Topliss-reactive ketones (excluding diaryl/α,β-unsaturated/α-hetero) is 1. The van der Waals surface area contributed by atoms with E-state index in [1.54, 1.807) is 11.0 Å². The lowest BCUT2D eigenvalue weighted by Gasteiger charge is -2.36. The minimum atomic E-state index is -0.510. The summed E-state index contributed by atoms with van der Waals surface area (Å²) in [5.41, 5.74) is 0.947. The average Bonchev–Trinajstić information content (AvgIpc) is 2.46. The molecule has 1 aromatic rings. The second-order valence-corrected chi connectivity index (χ2v) is 5.01. The summed E-state index contributed by atoms with van der Waals surface area (Å²) >= 11 is 0. The summed E-state index contributed by atoms with van der Waals surface area (Å²) in [4.78, 5) is 37.1. The standard InChI is InChI=1S/C14H17N3O4/c1-10(18)13-9-12(17(20)21)3-4-14(13)16-7-5-15(6-8-16)11(2)19/h3-4,9H,5-8H2,1-2H3. The van der Waals surface area contributed by atoms with E-state index in [2.05, 4.69) is 0 Å². The zero-order valence-electron chi connectivity index (χ0n) is 12.0. The van der Waals surface area contributed by atoms with Crippen molar-refractivity contribution < 1.29 is 14.5 Å². The average molecular weight is 291 g/mol. The van der Waals surface area contributed by atoms with Crippen molar-refractivity contribution in [2.45, 2.75) is 13.8 Å². The van der Waals surface area contributed by atoms with Crippen LogP contribution in [-0.4, -0.2) is 47.7 Å². The molecule has 1 aliphatic rings. The Morgan fingerprint density at radius 2 is 1.76 bits per heavy atom. The summed E-state index contributed by atoms with van der Waals surface area (Å²) in [7, 11) is 0. The SMILES string of the molecule is CC(=O)c1cc([N+](=O)[O-])ccc1N1CCN(C(C)=O)CC1. The van der Waals surface area contributed by atoms with Gasteiger partial charge >= 0.3 is 0 Å². The lowest BCUT2D eigenvalue weighted by Crippen LogP contribution is -2.48. The highest BCUT2D eigenvalue weighted by Gasteiger charge is 2.23. The fourth-order valence-corrected chi connectivity index (χ4v) is 2.46. The van der Waals surface area contributed by atoms with Crippen molar-refractivity contribution in [3.8, 4) is 0 Å². The molecule has 0 spiro atoms. The number of piperazine rings is 1. The van der Waals surface area contributed by atoms with Crippen molar-refractivity contribution in [1.82, 2.24) is 4.90 Å². The number of nitro groups is 1. The first-order valence-corrected chi connectivity index (χ1v) is 6.70. The molecule has 7 heteroatoms. The fraction of sp³-hybridized carbons (Fsp3) is 0.429. The van der Waals surface area contributed by atoms with Crippen LogP contribution in [0.4, 0.5) is 11.4 Å². The molecule has 1 fully saturated rings. The van der Waals surface area contributed by atoms with Gasteiger partial charge in [0.15, 0.2) is 5.78 Å². The molecule has 0 radical (unpaired) electrons. The molecule has 2 rings (SSSR count). The van der Waals surface area contributed by atoms with Crippen LogP contribution >= 0.6 is 0 Å². The fourth-order valence-electron chi connectivity index (χ4n) is 2.46. The van der Waals surface area contributed by atoms with E-state index >= 15 is 0 Å². The summed E-state index contributed by atoms with van der Waals surface area (Å²) < 4.78 is 0. The van der Waals surface area contributed by atoms with Crippen LogP contribution in [-0.2, 0) is 4.79 Å². The Morgan fingerprint density at radius 1 is 1.14 bits per heavy atom. The maximum absolute atomic E-state index is 11.7. The monoisotopic (exact) mass is 291 g/mol. The maximum Gasteiger partial charge on any atom is 0.270 e. The number of amides is 1. The van der Waals surface area contributed by atoms with E-state index in [9.17, 15) is 19.7 Å². The van der Waals surface area contributed by atoms with Crippen molar-refractivity contribution in [1.29, 1.82) is 0 Å². The van der Waals surface area contributed by atoms with E-state index in [0.29, 0.717) is 37.4 Å². The Labute approximate surface area is 122 Å². The van der Waals surface area contributed by atoms with Gasteiger partial charge in [-0.25, -0.2) is 0 Å². The van der Waals surface area contributed by atoms with Gasteiger partial charge in [0.05, 0.1) is 4.92 Å². The Balaban J connectivity index is 2.26. The highest BCUT2D eigenvalue weighted by Crippen LogP contribution is 2.27. The second-order valence-electron chi connectivity index (χ2n) is 5.01. The number of rotatable bonds is 3. The van der Waals surface area contributed by atoms with Crippen LogP contribution in [0.1, 0.15) is 24.2 Å². The third-order valence-electron chi connectivity index (χ3n) is 3.64. The first kappa shape index (κ1) is 15.0. The number of non-ortho nitro benzene ring substituents is 1. The highest BCUT2D eigenvalue weighted by atomic mass is 16.6. The van der Waals surface area contributed by atoms with Crippen LogP contribution in [0.3, 0.4) is 0 Å². The van der Waals surface area contributed by atoms with E-state index in [0.717, 1.165) is 0 Å². The third kappa shape index (κ3) is 3.18.